The molecule has 0 fully saturated rings. The molecule has 0 aliphatic rings. The SMILES string of the molecule is COc1ccc(OCCC(=O)OC(C)C(=O)N(C(C)C)C(C)C)cc1. The van der Waals surface area contributed by atoms with Gasteiger partial charge < -0.3 is 19.1 Å². The Labute approximate surface area is 150 Å². The molecule has 25 heavy (non-hydrogen) atoms. The van der Waals surface area contributed by atoms with Crippen LogP contribution in [0, 0.1) is 0 Å². The van der Waals surface area contributed by atoms with Gasteiger partial charge in [-0.3, -0.25) is 9.59 Å². The Morgan fingerprint density at radius 1 is 0.960 bits per heavy atom. The number of ether oxygens (including phenoxy) is 3. The Morgan fingerprint density at radius 2 is 1.48 bits per heavy atom. The molecule has 0 aliphatic carbocycles. The highest BCUT2D eigenvalue weighted by molar-refractivity contribution is 5.84. The van der Waals surface area contributed by atoms with Gasteiger partial charge in [0.15, 0.2) is 6.10 Å². The fourth-order valence-electron chi connectivity index (χ4n) is 2.55. The van der Waals surface area contributed by atoms with Crippen molar-refractivity contribution >= 4 is 11.9 Å². The average Bonchev–Trinajstić information content (AvgIpc) is 2.54. The largest absolute Gasteiger partial charge is 0.497 e. The molecule has 6 nitrogen and oxygen atoms in total. The number of carbonyl (C=O) groups is 2. The lowest BCUT2D eigenvalue weighted by molar-refractivity contribution is -0.161. The maximum atomic E-state index is 12.4. The summed E-state index contributed by atoms with van der Waals surface area (Å²) in [5.74, 6) is 0.735. The zero-order valence-electron chi connectivity index (χ0n) is 15.9. The molecular weight excluding hydrogens is 322 g/mol. The van der Waals surface area contributed by atoms with Gasteiger partial charge in [-0.25, -0.2) is 0 Å². The van der Waals surface area contributed by atoms with Gasteiger partial charge in [0.2, 0.25) is 0 Å². The predicted octanol–water partition coefficient (Wildman–Crippen LogP) is 3.04. The summed E-state index contributed by atoms with van der Waals surface area (Å²) in [5.41, 5.74) is 0. The number of benzene rings is 1. The van der Waals surface area contributed by atoms with Crippen LogP contribution in [-0.4, -0.2) is 48.7 Å². The van der Waals surface area contributed by atoms with Crippen molar-refractivity contribution in [3.63, 3.8) is 0 Å². The summed E-state index contributed by atoms with van der Waals surface area (Å²) in [6.45, 7) is 9.54. The van der Waals surface area contributed by atoms with Crippen molar-refractivity contribution in [1.29, 1.82) is 0 Å². The van der Waals surface area contributed by atoms with Crippen LogP contribution < -0.4 is 9.47 Å². The second-order valence-electron chi connectivity index (χ2n) is 6.34. The molecule has 0 heterocycles. The van der Waals surface area contributed by atoms with Crippen LogP contribution in [-0.2, 0) is 14.3 Å². The smallest absolute Gasteiger partial charge is 0.310 e. The van der Waals surface area contributed by atoms with E-state index in [0.717, 1.165) is 5.75 Å². The van der Waals surface area contributed by atoms with Crippen molar-refractivity contribution in [3.8, 4) is 11.5 Å². The first-order valence-electron chi connectivity index (χ1n) is 8.54. The Hall–Kier alpha value is -2.24. The minimum Gasteiger partial charge on any atom is -0.497 e. The first kappa shape index (κ1) is 20.8. The van der Waals surface area contributed by atoms with Gasteiger partial charge in [0, 0.05) is 12.1 Å². The Morgan fingerprint density at radius 3 is 1.96 bits per heavy atom. The molecular formula is C19H29NO5. The van der Waals surface area contributed by atoms with Crippen LogP contribution in [0.4, 0.5) is 0 Å². The second-order valence-corrected chi connectivity index (χ2v) is 6.34. The number of hydrogen-bond acceptors (Lipinski definition) is 5. The molecule has 1 amide bonds. The van der Waals surface area contributed by atoms with E-state index >= 15 is 0 Å². The van der Waals surface area contributed by atoms with Crippen LogP contribution in [0.1, 0.15) is 41.0 Å². The Kier molecular flexibility index (Phi) is 8.25. The van der Waals surface area contributed by atoms with Crippen molar-refractivity contribution < 1.29 is 23.8 Å². The molecule has 0 spiro atoms. The van der Waals surface area contributed by atoms with E-state index < -0.39 is 12.1 Å². The van der Waals surface area contributed by atoms with E-state index in [2.05, 4.69) is 0 Å². The first-order chi connectivity index (χ1) is 11.8. The number of methoxy groups -OCH3 is 1. The normalized spacial score (nSPS) is 12.0. The molecule has 1 aromatic carbocycles. The molecule has 6 heteroatoms. The van der Waals surface area contributed by atoms with Crippen LogP contribution in [0.5, 0.6) is 11.5 Å². The van der Waals surface area contributed by atoms with Crippen molar-refractivity contribution in [3.05, 3.63) is 24.3 Å². The van der Waals surface area contributed by atoms with Gasteiger partial charge in [-0.05, 0) is 58.9 Å². The average molecular weight is 351 g/mol. The lowest BCUT2D eigenvalue weighted by atomic mass is 10.2. The molecule has 0 aliphatic heterocycles. The third kappa shape index (κ3) is 6.64. The summed E-state index contributed by atoms with van der Waals surface area (Å²) in [7, 11) is 1.59. The lowest BCUT2D eigenvalue weighted by Gasteiger charge is -2.32. The molecule has 1 aromatic rings. The number of esters is 1. The van der Waals surface area contributed by atoms with E-state index in [4.69, 9.17) is 14.2 Å². The summed E-state index contributed by atoms with van der Waals surface area (Å²) in [6.07, 6.45) is -0.731. The first-order valence-corrected chi connectivity index (χ1v) is 8.54. The highest BCUT2D eigenvalue weighted by atomic mass is 16.6. The quantitative estimate of drug-likeness (QED) is 0.640. The fourth-order valence-corrected chi connectivity index (χ4v) is 2.55. The summed E-state index contributed by atoms with van der Waals surface area (Å²) in [6, 6.07) is 7.18. The lowest BCUT2D eigenvalue weighted by Crippen LogP contribution is -2.47. The van der Waals surface area contributed by atoms with Crippen LogP contribution in [0.25, 0.3) is 0 Å². The number of nitrogens with zero attached hydrogens (tertiary/aromatic N) is 1. The summed E-state index contributed by atoms with van der Waals surface area (Å²) in [4.78, 5) is 26.1. The maximum Gasteiger partial charge on any atom is 0.310 e. The molecule has 1 rings (SSSR count). The minimum atomic E-state index is -0.807. The van der Waals surface area contributed by atoms with E-state index in [-0.39, 0.29) is 31.0 Å². The molecule has 140 valence electrons. The van der Waals surface area contributed by atoms with Crippen molar-refractivity contribution in [2.24, 2.45) is 0 Å². The van der Waals surface area contributed by atoms with E-state index in [1.54, 1.807) is 43.2 Å². The molecule has 1 unspecified atom stereocenters. The highest BCUT2D eigenvalue weighted by Gasteiger charge is 2.27. The molecule has 0 saturated heterocycles. The van der Waals surface area contributed by atoms with Crippen LogP contribution >= 0.6 is 0 Å². The summed E-state index contributed by atoms with van der Waals surface area (Å²) >= 11 is 0. The van der Waals surface area contributed by atoms with Gasteiger partial charge in [-0.2, -0.15) is 0 Å². The number of rotatable bonds is 9. The molecule has 0 bridgehead atoms. The van der Waals surface area contributed by atoms with Crippen molar-refractivity contribution in [1.82, 2.24) is 4.90 Å². The minimum absolute atomic E-state index is 0.0482. The second kappa shape index (κ2) is 9.91. The Bertz CT molecular complexity index is 545. The van der Waals surface area contributed by atoms with Crippen LogP contribution in [0.2, 0.25) is 0 Å². The molecule has 0 aromatic heterocycles. The topological polar surface area (TPSA) is 65.1 Å². The van der Waals surface area contributed by atoms with Gasteiger partial charge in [0.1, 0.15) is 11.5 Å². The molecule has 0 saturated carbocycles. The zero-order chi connectivity index (χ0) is 19.0. The Balaban J connectivity index is 2.43. The standard InChI is InChI=1S/C19H29NO5/c1-13(2)20(14(3)4)19(22)15(5)25-18(21)11-12-24-17-9-7-16(23-6)8-10-17/h7-10,13-15H,11-12H2,1-6H3. The number of hydrogen-bond donors (Lipinski definition) is 0. The van der Waals surface area contributed by atoms with Gasteiger partial charge in [0.05, 0.1) is 20.1 Å². The number of carbonyl (C=O) groups excluding carboxylic acids is 2. The van der Waals surface area contributed by atoms with Crippen LogP contribution in [0.3, 0.4) is 0 Å². The summed E-state index contributed by atoms with van der Waals surface area (Å²) in [5, 5.41) is 0. The highest BCUT2D eigenvalue weighted by Crippen LogP contribution is 2.17. The van der Waals surface area contributed by atoms with E-state index in [9.17, 15) is 9.59 Å². The van der Waals surface area contributed by atoms with Gasteiger partial charge in [0.25, 0.3) is 5.91 Å². The van der Waals surface area contributed by atoms with Crippen molar-refractivity contribution in [2.45, 2.75) is 59.2 Å². The molecule has 1 atom stereocenters. The fraction of sp³-hybridized carbons (Fsp3) is 0.579. The van der Waals surface area contributed by atoms with Gasteiger partial charge in [-0.15, -0.1) is 0 Å². The predicted molar refractivity (Wildman–Crippen MR) is 95.8 cm³/mol. The van der Waals surface area contributed by atoms with E-state index in [0.29, 0.717) is 5.75 Å². The number of amides is 1. The molecule has 0 radical (unpaired) electrons. The zero-order valence-corrected chi connectivity index (χ0v) is 15.9. The van der Waals surface area contributed by atoms with E-state index in [1.807, 2.05) is 27.7 Å². The third-order valence-corrected chi connectivity index (χ3v) is 3.66. The van der Waals surface area contributed by atoms with E-state index in [1.165, 1.54) is 0 Å². The monoisotopic (exact) mass is 351 g/mol. The van der Waals surface area contributed by atoms with Crippen LogP contribution in [0.15, 0.2) is 24.3 Å². The van der Waals surface area contributed by atoms with Gasteiger partial charge in [-0.1, -0.05) is 0 Å². The maximum absolute atomic E-state index is 12.4. The third-order valence-electron chi connectivity index (χ3n) is 3.66. The molecule has 0 N–H and O–H groups in total. The summed E-state index contributed by atoms with van der Waals surface area (Å²) < 4.78 is 15.8. The van der Waals surface area contributed by atoms with Crippen molar-refractivity contribution in [2.75, 3.05) is 13.7 Å². The van der Waals surface area contributed by atoms with Gasteiger partial charge >= 0.3 is 5.97 Å².